The van der Waals surface area contributed by atoms with Crippen LogP contribution in [0.25, 0.3) is 15.7 Å². The van der Waals surface area contributed by atoms with Crippen molar-refractivity contribution in [2.45, 2.75) is 154 Å². The SMILES string of the molecule is Cn1c(N2CCC(C)(CN)CC2)nc(N)c(Sc2cccc3c2OC(F)(F)O3)c1=O.Cn1c(N2CCC(C)(CN)CC2)nc(N)c(Sc2cccc3cccnc23)c1=O.Cn1c(N2CCC(C)(CN)CC2)nc(N)c(Sc2ccccc2F)c1=O.Cn1c(N2CCC(C)(CN)CC2)nc(N)c(Sc2ccccc2O)c1=O.[C-]#[N+]c1ccccc1Sc1c(N)nc(N2CCC(C)(CN)CC2)n(C)c1=O. The third kappa shape index (κ3) is 23.5. The highest BCUT2D eigenvalue weighted by Crippen LogP contribution is 2.50. The number of phenolic OH excluding ortho intramolecular Hbond substituents is 1. The predicted molar refractivity (Wildman–Crippen MR) is 545 cm³/mol. The summed E-state index contributed by atoms with van der Waals surface area (Å²) in [5, 5.41) is 11.0. The van der Waals surface area contributed by atoms with E-state index in [4.69, 9.17) is 63.9 Å². The molecule has 0 aliphatic carbocycles. The van der Waals surface area contributed by atoms with Gasteiger partial charge in [0.1, 0.15) is 65.1 Å². The van der Waals surface area contributed by atoms with E-state index in [1.807, 2.05) is 47.4 Å². The molecular formula is C95H122F3N27O8S5. The van der Waals surface area contributed by atoms with Crippen LogP contribution in [0.5, 0.6) is 17.2 Å². The van der Waals surface area contributed by atoms with Gasteiger partial charge >= 0.3 is 6.29 Å². The Morgan fingerprint density at radius 2 is 0.659 bits per heavy atom. The molecule has 6 aromatic heterocycles. The van der Waals surface area contributed by atoms with E-state index >= 15 is 0 Å². The van der Waals surface area contributed by atoms with Gasteiger partial charge in [0.05, 0.1) is 21.9 Å². The van der Waals surface area contributed by atoms with Crippen LogP contribution in [0.4, 0.5) is 77.7 Å². The molecule has 736 valence electrons. The minimum Gasteiger partial charge on any atom is -0.507 e. The number of nitrogens with two attached hydrogens (primary N) is 10. The van der Waals surface area contributed by atoms with E-state index in [2.05, 4.69) is 98.4 Å². The molecule has 12 heterocycles. The van der Waals surface area contributed by atoms with Gasteiger partial charge in [0.2, 0.25) is 35.4 Å². The first kappa shape index (κ1) is 104. The lowest BCUT2D eigenvalue weighted by Gasteiger charge is -2.39. The Kier molecular flexibility index (Phi) is 32.8. The smallest absolute Gasteiger partial charge is 0.507 e. The van der Waals surface area contributed by atoms with Gasteiger partial charge in [-0.1, -0.05) is 166 Å². The van der Waals surface area contributed by atoms with Crippen molar-refractivity contribution in [2.24, 2.45) is 91.0 Å². The highest BCUT2D eigenvalue weighted by atomic mass is 32.2. The monoisotopic (exact) mass is 1990 g/mol. The van der Waals surface area contributed by atoms with Crippen molar-refractivity contribution in [1.82, 2.24) is 52.7 Å². The summed E-state index contributed by atoms with van der Waals surface area (Å²) in [7, 11) is 8.47. The average Bonchev–Trinajstić information content (AvgIpc) is 1.57. The maximum Gasteiger partial charge on any atom is 0.586 e. The number of alkyl halides is 2. The Bertz CT molecular complexity index is 6470. The van der Waals surface area contributed by atoms with Crippen LogP contribution < -0.4 is 119 Å². The average molecular weight is 1990 g/mol. The lowest BCUT2D eigenvalue weighted by molar-refractivity contribution is -0.287. The Labute approximate surface area is 819 Å². The van der Waals surface area contributed by atoms with Gasteiger partial charge in [-0.25, -0.2) is 9.24 Å². The van der Waals surface area contributed by atoms with E-state index in [-0.39, 0.29) is 117 Å². The van der Waals surface area contributed by atoms with Crippen molar-refractivity contribution >= 4 is 134 Å². The highest BCUT2D eigenvalue weighted by molar-refractivity contribution is 8.00. The number of aromatic nitrogens is 11. The third-order valence-corrected chi connectivity index (χ3v) is 32.4. The van der Waals surface area contributed by atoms with Crippen LogP contribution in [-0.4, -0.2) is 162 Å². The van der Waals surface area contributed by atoms with Gasteiger partial charge in [0.25, 0.3) is 27.8 Å². The molecule has 0 radical (unpaired) electrons. The topological polar surface area (TPSA) is 507 Å². The molecular weight excluding hydrogens is 1860 g/mol. The third-order valence-electron chi connectivity index (χ3n) is 26.7. The van der Waals surface area contributed by atoms with Crippen LogP contribution in [0, 0.1) is 39.5 Å². The molecule has 21 N–H and O–H groups in total. The molecule has 138 heavy (non-hydrogen) atoms. The molecule has 6 aliphatic rings. The summed E-state index contributed by atoms with van der Waals surface area (Å²) in [5.74, 6) is 3.10. The molecule has 35 nitrogen and oxygen atoms in total. The van der Waals surface area contributed by atoms with Gasteiger partial charge in [-0.15, -0.1) is 8.78 Å². The standard InChI is InChI=1S/C21H26N6OS.C19H23F2N5O3S.C19H24N6OS.C18H24FN5OS.C18H25N5O2S/c1-21(13-22)8-11-27(12-9-21)20-25-18(23)17(19(28)26(20)2)29-15-7-3-5-14-6-4-10-24-16(14)15;1-18(10-22)6-8-26(9-7-18)17-24-15(23)14(16(27)25(17)2)30-12-5-3-4-11-13(12)29-19(20,21)28-11;1-19(12-20)8-10-25(11-9-19)18-23-16(21)15(17(26)24(18)3)27-14-7-5-4-6-13(14)22-2;1-18(11-20)7-9-24(10-8-18)17-22-15(21)14(16(25)23(17)2)26-13-6-4-3-5-12(13)19;1-18(11-19)7-9-23(10-8-18)17-21-15(20)14(16(25)22(17)2)26-13-6-4-3-5-12(13)24/h3-7,10H,8-9,11-13,22-23H2,1-2H3;3-5H,6-10,22-23H2,1-2H3;4-7H,8-12,20-21H2,1,3H3;3-6H,7-11,20-21H2,1-2H3;3-6,24H,7-11,19-20H2,1-2H3. The minimum atomic E-state index is -3.75. The second kappa shape index (κ2) is 43.7. The molecule has 17 rings (SSSR count). The largest absolute Gasteiger partial charge is 0.586 e. The van der Waals surface area contributed by atoms with Crippen LogP contribution in [0.2, 0.25) is 0 Å². The van der Waals surface area contributed by atoms with Gasteiger partial charge in [-0.2, -0.15) is 24.9 Å². The first-order valence-corrected chi connectivity index (χ1v) is 49.4. The van der Waals surface area contributed by atoms with Crippen LogP contribution in [-0.2, 0) is 35.2 Å². The number of nitrogens with zero attached hydrogens (tertiary/aromatic N) is 17. The van der Waals surface area contributed by atoms with E-state index in [0.29, 0.717) is 116 Å². The number of rotatable bonds is 20. The maximum absolute atomic E-state index is 13.9. The number of benzene rings is 5. The normalized spacial score (nSPS) is 17.0. The summed E-state index contributed by atoms with van der Waals surface area (Å²) in [4.78, 5) is 110. The van der Waals surface area contributed by atoms with Gasteiger partial charge in [-0.3, -0.25) is 51.8 Å². The first-order chi connectivity index (χ1) is 65.6. The molecule has 0 saturated carbocycles. The summed E-state index contributed by atoms with van der Waals surface area (Å²) in [6.07, 6.45) is 7.40. The summed E-state index contributed by atoms with van der Waals surface area (Å²) < 4.78 is 57.5. The van der Waals surface area contributed by atoms with Crippen LogP contribution in [0.15, 0.2) is 200 Å². The molecule has 0 spiro atoms. The number of nitrogen functional groups attached to an aromatic ring is 5. The number of halogens is 3. The first-order valence-electron chi connectivity index (χ1n) is 45.3. The minimum absolute atomic E-state index is 0.0357. The fourth-order valence-electron chi connectivity index (χ4n) is 16.5. The molecule has 6 aliphatic heterocycles. The van der Waals surface area contributed by atoms with Crippen LogP contribution in [0.3, 0.4) is 0 Å². The zero-order valence-electron chi connectivity index (χ0n) is 79.2. The molecule has 43 heteroatoms. The summed E-state index contributed by atoms with van der Waals surface area (Å²) in [6.45, 7) is 29.2. The van der Waals surface area contributed by atoms with E-state index in [1.165, 1.54) is 55.4 Å². The van der Waals surface area contributed by atoms with Crippen molar-refractivity contribution in [1.29, 1.82) is 0 Å². The Hall–Kier alpha value is -11.9. The van der Waals surface area contributed by atoms with Gasteiger partial charge < -0.3 is 96.4 Å². The van der Waals surface area contributed by atoms with Crippen molar-refractivity contribution in [3.8, 4) is 17.2 Å². The van der Waals surface area contributed by atoms with Gasteiger partial charge in [-0.05, 0) is 173 Å². The zero-order chi connectivity index (χ0) is 99.7. The molecule has 0 bridgehead atoms. The van der Waals surface area contributed by atoms with Gasteiger partial charge in [0.15, 0.2) is 11.5 Å². The number of ether oxygens (including phenoxy) is 2. The second-order valence-corrected chi connectivity index (χ2v) is 42.3. The van der Waals surface area contributed by atoms with E-state index < -0.39 is 6.29 Å². The number of fused-ring (bicyclic) bond motifs is 2. The fraction of sp³-hybridized carbons (Fsp3) is 0.432. The van der Waals surface area contributed by atoms with Crippen molar-refractivity contribution in [3.05, 3.63) is 197 Å². The number of pyridine rings is 1. The fourth-order valence-corrected chi connectivity index (χ4v) is 21.3. The van der Waals surface area contributed by atoms with Crippen molar-refractivity contribution in [3.63, 3.8) is 0 Å². The second-order valence-electron chi connectivity index (χ2n) is 37.0. The van der Waals surface area contributed by atoms with E-state index in [1.54, 1.807) is 111 Å². The molecule has 0 atom stereocenters. The molecule has 5 fully saturated rings. The summed E-state index contributed by atoms with van der Waals surface area (Å²) >= 11 is 5.59. The number of piperidine rings is 5. The maximum atomic E-state index is 13.9. The molecule has 5 aromatic carbocycles. The van der Waals surface area contributed by atoms with Gasteiger partial charge in [0, 0.05) is 127 Å². The lowest BCUT2D eigenvalue weighted by atomic mass is 9.81. The molecule has 5 saturated heterocycles. The number of phenols is 1. The number of anilines is 10. The van der Waals surface area contributed by atoms with Crippen LogP contribution in [0.1, 0.15) is 98.8 Å². The Balaban J connectivity index is 0.000000146. The number of hydrogen-bond donors (Lipinski definition) is 11. The molecule has 0 unspecified atom stereocenters. The molecule has 0 amide bonds. The van der Waals surface area contributed by atoms with E-state index in [0.717, 1.165) is 168 Å². The number of para-hydroxylation sites is 4. The zero-order valence-corrected chi connectivity index (χ0v) is 83.2. The number of hydrogen-bond acceptors (Lipinski definition) is 34. The quantitative estimate of drug-likeness (QED) is 0.0316. The van der Waals surface area contributed by atoms with E-state index in [9.17, 15) is 42.3 Å². The Morgan fingerprint density at radius 3 is 1.01 bits per heavy atom. The Morgan fingerprint density at radius 1 is 0.377 bits per heavy atom. The lowest BCUT2D eigenvalue weighted by Crippen LogP contribution is -2.44. The van der Waals surface area contributed by atoms with Crippen molar-refractivity contribution < 1.29 is 27.8 Å². The highest BCUT2D eigenvalue weighted by Gasteiger charge is 2.45. The predicted octanol–water partition coefficient (Wildman–Crippen LogP) is 11.7. The summed E-state index contributed by atoms with van der Waals surface area (Å²) in [6, 6.07) is 34.6. The molecule has 11 aromatic rings. The van der Waals surface area contributed by atoms with Crippen LogP contribution >= 0.6 is 58.8 Å². The summed E-state index contributed by atoms with van der Waals surface area (Å²) in [5.41, 5.74) is 60.9. The number of aromatic hydroxyl groups is 1. The van der Waals surface area contributed by atoms with Crippen molar-refractivity contribution in [2.75, 3.05) is 151 Å².